The highest BCUT2D eigenvalue weighted by atomic mass is 16.3. The molecule has 0 aliphatic carbocycles. The lowest BCUT2D eigenvalue weighted by Gasteiger charge is -2.25. The van der Waals surface area contributed by atoms with Crippen LogP contribution in [-0.2, 0) is 0 Å². The molecule has 0 spiro atoms. The Kier molecular flexibility index (Phi) is 8.09. The highest BCUT2D eigenvalue weighted by Crippen LogP contribution is 2.29. The fraction of sp³-hybridized carbons (Fsp3) is 1.00. The highest BCUT2D eigenvalue weighted by molar-refractivity contribution is 4.69. The van der Waals surface area contributed by atoms with Crippen LogP contribution in [0.4, 0.5) is 0 Å². The van der Waals surface area contributed by atoms with Crippen LogP contribution >= 0.6 is 0 Å². The van der Waals surface area contributed by atoms with E-state index in [1.54, 1.807) is 0 Å². The van der Waals surface area contributed by atoms with Gasteiger partial charge in [-0.25, -0.2) is 0 Å². The van der Waals surface area contributed by atoms with E-state index in [1.165, 1.54) is 32.1 Å². The Bertz CT molecular complexity index is 155. The molecule has 1 atom stereocenters. The maximum absolute atomic E-state index is 9.08. The Morgan fingerprint density at radius 3 is 1.94 bits per heavy atom. The summed E-state index contributed by atoms with van der Waals surface area (Å²) < 4.78 is 0. The van der Waals surface area contributed by atoms with Gasteiger partial charge in [-0.15, -0.1) is 0 Å². The molecule has 0 heterocycles. The fourth-order valence-corrected chi connectivity index (χ4v) is 2.38. The molecule has 1 N–H and O–H groups in total. The fourth-order valence-electron chi connectivity index (χ4n) is 2.38. The van der Waals surface area contributed by atoms with Gasteiger partial charge in [0, 0.05) is 6.61 Å². The van der Waals surface area contributed by atoms with Gasteiger partial charge in [-0.3, -0.25) is 0 Å². The minimum atomic E-state index is 0.352. The van der Waals surface area contributed by atoms with Crippen molar-refractivity contribution in [3.05, 3.63) is 0 Å². The predicted octanol–water partition coefficient (Wildman–Crippen LogP) is 4.64. The van der Waals surface area contributed by atoms with Crippen LogP contribution in [0.5, 0.6) is 0 Å². The van der Waals surface area contributed by atoms with Gasteiger partial charge in [0.15, 0.2) is 0 Å². The summed E-state index contributed by atoms with van der Waals surface area (Å²) in [4.78, 5) is 0. The summed E-state index contributed by atoms with van der Waals surface area (Å²) in [6.07, 6.45) is 7.56. The van der Waals surface area contributed by atoms with Crippen LogP contribution in [0.2, 0.25) is 0 Å². The molecule has 0 amide bonds. The summed E-state index contributed by atoms with van der Waals surface area (Å²) in [7, 11) is 0. The van der Waals surface area contributed by atoms with Gasteiger partial charge >= 0.3 is 0 Å². The normalized spacial score (nSPS) is 14.4. The minimum Gasteiger partial charge on any atom is -0.396 e. The van der Waals surface area contributed by atoms with Crippen molar-refractivity contribution in [1.82, 2.24) is 0 Å². The van der Waals surface area contributed by atoms with Crippen LogP contribution in [0, 0.1) is 17.3 Å². The van der Waals surface area contributed by atoms with Crippen molar-refractivity contribution >= 4 is 0 Å². The summed E-state index contributed by atoms with van der Waals surface area (Å²) >= 11 is 0. The van der Waals surface area contributed by atoms with Crippen LogP contribution in [0.1, 0.15) is 73.1 Å². The topological polar surface area (TPSA) is 20.2 Å². The van der Waals surface area contributed by atoms with Crippen LogP contribution in [-0.4, -0.2) is 11.7 Å². The Morgan fingerprint density at radius 2 is 1.50 bits per heavy atom. The quantitative estimate of drug-likeness (QED) is 0.600. The monoisotopic (exact) mass is 228 g/mol. The van der Waals surface area contributed by atoms with Gasteiger partial charge in [0.1, 0.15) is 0 Å². The van der Waals surface area contributed by atoms with E-state index in [2.05, 4.69) is 34.6 Å². The SMILES string of the molecule is CC(C)CCCC[C@H](CCO)CC(C)(C)C. The van der Waals surface area contributed by atoms with Crippen LogP contribution in [0.25, 0.3) is 0 Å². The molecule has 0 aromatic rings. The molecule has 0 aromatic carbocycles. The largest absolute Gasteiger partial charge is 0.396 e. The summed E-state index contributed by atoms with van der Waals surface area (Å²) in [5, 5.41) is 9.08. The molecular formula is C15H32O. The Labute approximate surface area is 103 Å². The zero-order chi connectivity index (χ0) is 12.6. The summed E-state index contributed by atoms with van der Waals surface area (Å²) in [6, 6.07) is 0. The molecule has 0 fully saturated rings. The van der Waals surface area contributed by atoms with Gasteiger partial charge in [-0.05, 0) is 30.1 Å². The lowest BCUT2D eigenvalue weighted by molar-refractivity contribution is 0.207. The third-order valence-electron chi connectivity index (χ3n) is 3.08. The van der Waals surface area contributed by atoms with E-state index in [1.807, 2.05) is 0 Å². The second kappa shape index (κ2) is 8.11. The third-order valence-corrected chi connectivity index (χ3v) is 3.08. The number of hydrogen-bond acceptors (Lipinski definition) is 1. The molecule has 0 saturated heterocycles. The molecule has 98 valence electrons. The standard InChI is InChI=1S/C15H32O/c1-13(2)8-6-7-9-14(10-11-16)12-15(3,4)5/h13-14,16H,6-12H2,1-5H3/t14-/m1/s1. The predicted molar refractivity (Wildman–Crippen MR) is 72.6 cm³/mol. The molecular weight excluding hydrogens is 196 g/mol. The summed E-state index contributed by atoms with van der Waals surface area (Å²) in [5.41, 5.74) is 0.401. The van der Waals surface area contributed by atoms with E-state index in [0.717, 1.165) is 18.3 Å². The van der Waals surface area contributed by atoms with Crippen molar-refractivity contribution in [3.8, 4) is 0 Å². The highest BCUT2D eigenvalue weighted by Gasteiger charge is 2.17. The minimum absolute atomic E-state index is 0.352. The van der Waals surface area contributed by atoms with Crippen molar-refractivity contribution in [2.24, 2.45) is 17.3 Å². The zero-order valence-corrected chi connectivity index (χ0v) is 12.1. The maximum Gasteiger partial charge on any atom is 0.0433 e. The first-order chi connectivity index (χ1) is 7.35. The Morgan fingerprint density at radius 1 is 0.938 bits per heavy atom. The lowest BCUT2D eigenvalue weighted by atomic mass is 9.81. The molecule has 0 rings (SSSR count). The van der Waals surface area contributed by atoms with Gasteiger partial charge < -0.3 is 5.11 Å². The maximum atomic E-state index is 9.08. The van der Waals surface area contributed by atoms with Crippen molar-refractivity contribution in [2.45, 2.75) is 73.1 Å². The van der Waals surface area contributed by atoms with Crippen LogP contribution in [0.15, 0.2) is 0 Å². The number of hydrogen-bond donors (Lipinski definition) is 1. The van der Waals surface area contributed by atoms with E-state index in [-0.39, 0.29) is 0 Å². The van der Waals surface area contributed by atoms with Gasteiger partial charge in [-0.2, -0.15) is 0 Å². The first-order valence-electron chi connectivity index (χ1n) is 6.96. The second-order valence-electron chi connectivity index (χ2n) is 6.82. The van der Waals surface area contributed by atoms with E-state index < -0.39 is 0 Å². The number of aliphatic hydroxyl groups is 1. The van der Waals surface area contributed by atoms with Gasteiger partial charge in [0.25, 0.3) is 0 Å². The van der Waals surface area contributed by atoms with Gasteiger partial charge in [-0.1, -0.05) is 60.3 Å². The molecule has 0 aliphatic rings. The molecule has 1 nitrogen and oxygen atoms in total. The smallest absolute Gasteiger partial charge is 0.0433 e. The average Bonchev–Trinajstić information content (AvgIpc) is 2.09. The Balaban J connectivity index is 3.76. The van der Waals surface area contributed by atoms with Gasteiger partial charge in [0.05, 0.1) is 0 Å². The number of aliphatic hydroxyl groups excluding tert-OH is 1. The van der Waals surface area contributed by atoms with E-state index >= 15 is 0 Å². The van der Waals surface area contributed by atoms with Crippen molar-refractivity contribution < 1.29 is 5.11 Å². The second-order valence-corrected chi connectivity index (χ2v) is 6.82. The van der Waals surface area contributed by atoms with Crippen LogP contribution < -0.4 is 0 Å². The van der Waals surface area contributed by atoms with Crippen molar-refractivity contribution in [2.75, 3.05) is 6.61 Å². The number of unbranched alkanes of at least 4 members (excludes halogenated alkanes) is 1. The molecule has 0 unspecified atom stereocenters. The lowest BCUT2D eigenvalue weighted by Crippen LogP contribution is -2.14. The van der Waals surface area contributed by atoms with Crippen molar-refractivity contribution in [1.29, 1.82) is 0 Å². The molecule has 0 saturated carbocycles. The molecule has 0 bridgehead atoms. The van der Waals surface area contributed by atoms with Crippen molar-refractivity contribution in [3.63, 3.8) is 0 Å². The third kappa shape index (κ3) is 10.5. The first-order valence-corrected chi connectivity index (χ1v) is 6.96. The molecule has 0 aliphatic heterocycles. The first kappa shape index (κ1) is 16.0. The van der Waals surface area contributed by atoms with Gasteiger partial charge in [0.2, 0.25) is 0 Å². The van der Waals surface area contributed by atoms with E-state index in [0.29, 0.717) is 12.0 Å². The van der Waals surface area contributed by atoms with E-state index in [4.69, 9.17) is 5.11 Å². The Hall–Kier alpha value is -0.0400. The molecule has 0 radical (unpaired) electrons. The summed E-state index contributed by atoms with van der Waals surface area (Å²) in [5.74, 6) is 1.55. The average molecular weight is 228 g/mol. The zero-order valence-electron chi connectivity index (χ0n) is 12.1. The summed E-state index contributed by atoms with van der Waals surface area (Å²) in [6.45, 7) is 11.8. The molecule has 16 heavy (non-hydrogen) atoms. The van der Waals surface area contributed by atoms with E-state index in [9.17, 15) is 0 Å². The number of rotatable bonds is 8. The molecule has 1 heteroatoms. The molecule has 0 aromatic heterocycles. The van der Waals surface area contributed by atoms with Crippen LogP contribution in [0.3, 0.4) is 0 Å².